The number of halogens is 2. The van der Waals surface area contributed by atoms with Crippen molar-refractivity contribution in [1.29, 1.82) is 0 Å². The maximum Gasteiger partial charge on any atom is 0.144 e. The summed E-state index contributed by atoms with van der Waals surface area (Å²) >= 11 is 7.55. The summed E-state index contributed by atoms with van der Waals surface area (Å²) in [6.07, 6.45) is 0. The Hall–Kier alpha value is -0.610. The molecule has 1 aliphatic rings. The highest BCUT2D eigenvalue weighted by atomic mass is 35.5. The predicted octanol–water partition coefficient (Wildman–Crippen LogP) is 2.61. The summed E-state index contributed by atoms with van der Waals surface area (Å²) in [6.45, 7) is 1.83. The Kier molecular flexibility index (Phi) is 3.26. The van der Waals surface area contributed by atoms with Crippen LogP contribution in [0.1, 0.15) is 0 Å². The molecule has 2 rings (SSSR count). The molecule has 1 aromatic carbocycles. The molecule has 2 N–H and O–H groups in total. The molecule has 0 saturated carbocycles. The summed E-state index contributed by atoms with van der Waals surface area (Å²) in [4.78, 5) is 2.10. The molecule has 0 radical (unpaired) electrons. The average Bonchev–Trinajstić information content (AvgIpc) is 2.25. The molecule has 0 aliphatic carbocycles. The van der Waals surface area contributed by atoms with Crippen molar-refractivity contribution < 1.29 is 4.39 Å². The normalized spacial score (nSPS) is 16.8. The zero-order chi connectivity index (χ0) is 10.8. The van der Waals surface area contributed by atoms with Gasteiger partial charge in [-0.3, -0.25) is 0 Å². The highest BCUT2D eigenvalue weighted by Gasteiger charge is 2.15. The molecule has 0 unspecified atom stereocenters. The summed E-state index contributed by atoms with van der Waals surface area (Å²) in [6, 6.07) is 2.90. The van der Waals surface area contributed by atoms with Gasteiger partial charge in [-0.25, -0.2) is 4.39 Å². The Balaban J connectivity index is 2.30. The fourth-order valence-corrected chi connectivity index (χ4v) is 2.71. The second-order valence-corrected chi connectivity index (χ2v) is 5.06. The predicted molar refractivity (Wildman–Crippen MR) is 65.4 cm³/mol. The van der Waals surface area contributed by atoms with Gasteiger partial charge in [-0.15, -0.1) is 0 Å². The summed E-state index contributed by atoms with van der Waals surface area (Å²) in [5.41, 5.74) is 7.13. The topological polar surface area (TPSA) is 29.3 Å². The maximum absolute atomic E-state index is 13.3. The van der Waals surface area contributed by atoms with Crippen molar-refractivity contribution in [2.75, 3.05) is 35.2 Å². The van der Waals surface area contributed by atoms with Crippen molar-refractivity contribution in [2.45, 2.75) is 0 Å². The average molecular weight is 247 g/mol. The molecular weight excluding hydrogens is 235 g/mol. The quantitative estimate of drug-likeness (QED) is 0.773. The second-order valence-electron chi connectivity index (χ2n) is 3.42. The van der Waals surface area contributed by atoms with Gasteiger partial charge in [0.15, 0.2) is 0 Å². The first kappa shape index (κ1) is 10.9. The molecule has 1 aliphatic heterocycles. The highest BCUT2D eigenvalue weighted by molar-refractivity contribution is 7.99. The number of anilines is 2. The number of hydrogen-bond acceptors (Lipinski definition) is 3. The van der Waals surface area contributed by atoms with Gasteiger partial charge in [-0.05, 0) is 6.07 Å². The molecular formula is C10H12ClFN2S. The van der Waals surface area contributed by atoms with Crippen LogP contribution >= 0.6 is 23.4 Å². The molecule has 1 fully saturated rings. The van der Waals surface area contributed by atoms with E-state index in [2.05, 4.69) is 4.90 Å². The first-order valence-electron chi connectivity index (χ1n) is 4.75. The lowest BCUT2D eigenvalue weighted by Crippen LogP contribution is -2.33. The number of rotatable bonds is 1. The molecule has 0 amide bonds. The van der Waals surface area contributed by atoms with Crippen LogP contribution in [0.5, 0.6) is 0 Å². The van der Waals surface area contributed by atoms with E-state index in [1.54, 1.807) is 0 Å². The summed E-state index contributed by atoms with van der Waals surface area (Å²) < 4.78 is 13.3. The number of thioether (sulfide) groups is 1. The van der Waals surface area contributed by atoms with Crippen LogP contribution in [0.2, 0.25) is 5.02 Å². The van der Waals surface area contributed by atoms with E-state index < -0.39 is 5.82 Å². The van der Waals surface area contributed by atoms with Gasteiger partial charge in [0.1, 0.15) is 5.82 Å². The molecule has 0 bridgehead atoms. The van der Waals surface area contributed by atoms with Crippen molar-refractivity contribution in [3.63, 3.8) is 0 Å². The molecule has 1 saturated heterocycles. The minimum atomic E-state index is -0.404. The number of nitrogens with zero attached hydrogens (tertiary/aromatic N) is 1. The third-order valence-electron chi connectivity index (χ3n) is 2.42. The number of benzene rings is 1. The second kappa shape index (κ2) is 4.49. The Morgan fingerprint density at radius 3 is 2.67 bits per heavy atom. The van der Waals surface area contributed by atoms with Crippen molar-refractivity contribution in [2.24, 2.45) is 0 Å². The van der Waals surface area contributed by atoms with Gasteiger partial charge < -0.3 is 10.6 Å². The van der Waals surface area contributed by atoms with E-state index in [-0.39, 0.29) is 5.02 Å². The molecule has 82 valence electrons. The molecule has 2 nitrogen and oxygen atoms in total. The zero-order valence-electron chi connectivity index (χ0n) is 8.17. The fraction of sp³-hybridized carbons (Fsp3) is 0.400. The lowest BCUT2D eigenvalue weighted by atomic mass is 10.2. The van der Waals surface area contributed by atoms with Crippen LogP contribution < -0.4 is 10.6 Å². The Morgan fingerprint density at radius 1 is 1.33 bits per heavy atom. The van der Waals surface area contributed by atoms with Gasteiger partial charge in [-0.1, -0.05) is 11.6 Å². The Labute approximate surface area is 97.6 Å². The minimum Gasteiger partial charge on any atom is -0.397 e. The van der Waals surface area contributed by atoms with Crippen LogP contribution in [-0.4, -0.2) is 24.6 Å². The third-order valence-corrected chi connectivity index (χ3v) is 3.65. The van der Waals surface area contributed by atoms with Crippen molar-refractivity contribution in [3.8, 4) is 0 Å². The van der Waals surface area contributed by atoms with Crippen molar-refractivity contribution >= 4 is 34.7 Å². The zero-order valence-corrected chi connectivity index (χ0v) is 9.74. The van der Waals surface area contributed by atoms with Gasteiger partial charge >= 0.3 is 0 Å². The molecule has 0 spiro atoms. The van der Waals surface area contributed by atoms with Crippen molar-refractivity contribution in [1.82, 2.24) is 0 Å². The molecule has 5 heteroatoms. The molecule has 1 heterocycles. The Bertz CT molecular complexity index is 367. The smallest absolute Gasteiger partial charge is 0.144 e. The number of nitrogen functional groups attached to an aromatic ring is 1. The first-order valence-corrected chi connectivity index (χ1v) is 6.29. The lowest BCUT2D eigenvalue weighted by molar-refractivity contribution is 0.627. The maximum atomic E-state index is 13.3. The van der Waals surface area contributed by atoms with Crippen LogP contribution in [-0.2, 0) is 0 Å². The molecule has 1 aromatic rings. The van der Waals surface area contributed by atoms with Gasteiger partial charge in [-0.2, -0.15) is 11.8 Å². The van der Waals surface area contributed by atoms with Crippen LogP contribution in [0.25, 0.3) is 0 Å². The van der Waals surface area contributed by atoms with E-state index in [9.17, 15) is 4.39 Å². The minimum absolute atomic E-state index is 0.0858. The molecule has 15 heavy (non-hydrogen) atoms. The van der Waals surface area contributed by atoms with E-state index in [4.69, 9.17) is 17.3 Å². The molecule has 0 aromatic heterocycles. The summed E-state index contributed by atoms with van der Waals surface area (Å²) in [7, 11) is 0. The standard InChI is InChI=1S/C10H12ClFN2S/c11-7-5-9(13)10(6-8(7)12)14-1-3-15-4-2-14/h5-6H,1-4,13H2. The monoisotopic (exact) mass is 246 g/mol. The third kappa shape index (κ3) is 2.32. The van der Waals surface area contributed by atoms with Gasteiger partial charge in [0.05, 0.1) is 16.4 Å². The first-order chi connectivity index (χ1) is 7.18. The van der Waals surface area contributed by atoms with Gasteiger partial charge in [0, 0.05) is 30.7 Å². The summed E-state index contributed by atoms with van der Waals surface area (Å²) in [5.74, 6) is 1.71. The fourth-order valence-electron chi connectivity index (χ4n) is 1.63. The van der Waals surface area contributed by atoms with E-state index in [1.807, 2.05) is 11.8 Å². The van der Waals surface area contributed by atoms with E-state index in [0.29, 0.717) is 5.69 Å². The van der Waals surface area contributed by atoms with Crippen LogP contribution in [0.4, 0.5) is 15.8 Å². The van der Waals surface area contributed by atoms with E-state index in [1.165, 1.54) is 12.1 Å². The Morgan fingerprint density at radius 2 is 2.00 bits per heavy atom. The van der Waals surface area contributed by atoms with E-state index >= 15 is 0 Å². The number of nitrogens with two attached hydrogens (primary N) is 1. The van der Waals surface area contributed by atoms with Gasteiger partial charge in [0.2, 0.25) is 0 Å². The van der Waals surface area contributed by atoms with Gasteiger partial charge in [0.25, 0.3) is 0 Å². The van der Waals surface area contributed by atoms with Crippen LogP contribution in [0, 0.1) is 5.82 Å². The summed E-state index contributed by atoms with van der Waals surface area (Å²) in [5, 5.41) is 0.0858. The highest BCUT2D eigenvalue weighted by Crippen LogP contribution is 2.30. The SMILES string of the molecule is Nc1cc(Cl)c(F)cc1N1CCSCC1. The molecule has 0 atom stereocenters. The lowest BCUT2D eigenvalue weighted by Gasteiger charge is -2.29. The number of hydrogen-bond donors (Lipinski definition) is 1. The largest absolute Gasteiger partial charge is 0.397 e. The van der Waals surface area contributed by atoms with Crippen LogP contribution in [0.3, 0.4) is 0 Å². The van der Waals surface area contributed by atoms with Crippen molar-refractivity contribution in [3.05, 3.63) is 23.0 Å². The van der Waals surface area contributed by atoms with E-state index in [0.717, 1.165) is 30.3 Å². The van der Waals surface area contributed by atoms with Crippen LogP contribution in [0.15, 0.2) is 12.1 Å².